The summed E-state index contributed by atoms with van der Waals surface area (Å²) >= 11 is 0. The number of aryl methyl sites for hydroxylation is 2. The Labute approximate surface area is 149 Å². The van der Waals surface area contributed by atoms with Gasteiger partial charge in [-0.25, -0.2) is 22.7 Å². The zero-order chi connectivity index (χ0) is 18.0. The Morgan fingerprint density at radius 3 is 2.84 bits per heavy atom. The standard InChI is InChI=1S/C17H25N5O2S/c1-4-9-22-17(7-8-18-22)16-11-15(19-13(2)20-16)14-6-5-10-21(12-14)25(3,23)24/h7-8,11,14H,4-6,9-10,12H2,1-3H3/t14-/m0/s1. The van der Waals surface area contributed by atoms with Gasteiger partial charge in [-0.3, -0.25) is 4.68 Å². The van der Waals surface area contributed by atoms with Gasteiger partial charge in [0.05, 0.1) is 17.6 Å². The molecule has 0 bridgehead atoms. The van der Waals surface area contributed by atoms with Crippen LogP contribution in [0.3, 0.4) is 0 Å². The van der Waals surface area contributed by atoms with Crippen LogP contribution >= 0.6 is 0 Å². The van der Waals surface area contributed by atoms with Crippen LogP contribution < -0.4 is 0 Å². The van der Waals surface area contributed by atoms with Crippen LogP contribution in [-0.2, 0) is 16.6 Å². The molecule has 1 atom stereocenters. The van der Waals surface area contributed by atoms with Crippen LogP contribution in [0.25, 0.3) is 11.4 Å². The number of hydrogen-bond donors (Lipinski definition) is 0. The summed E-state index contributed by atoms with van der Waals surface area (Å²) in [6.45, 7) is 5.92. The van der Waals surface area contributed by atoms with Crippen molar-refractivity contribution in [3.05, 3.63) is 29.8 Å². The van der Waals surface area contributed by atoms with Crippen molar-refractivity contribution in [3.8, 4) is 11.4 Å². The van der Waals surface area contributed by atoms with Crippen molar-refractivity contribution in [1.29, 1.82) is 0 Å². The highest BCUT2D eigenvalue weighted by atomic mass is 32.2. The molecule has 1 saturated heterocycles. The summed E-state index contributed by atoms with van der Waals surface area (Å²) in [5.41, 5.74) is 2.74. The van der Waals surface area contributed by atoms with E-state index < -0.39 is 10.0 Å². The predicted molar refractivity (Wildman–Crippen MR) is 96.7 cm³/mol. The molecule has 0 amide bonds. The van der Waals surface area contributed by atoms with Gasteiger partial charge >= 0.3 is 0 Å². The zero-order valence-electron chi connectivity index (χ0n) is 15.0. The molecule has 1 aliphatic heterocycles. The minimum Gasteiger partial charge on any atom is -0.263 e. The number of piperidine rings is 1. The smallest absolute Gasteiger partial charge is 0.211 e. The molecule has 1 aliphatic rings. The third kappa shape index (κ3) is 4.07. The quantitative estimate of drug-likeness (QED) is 0.813. The Morgan fingerprint density at radius 2 is 2.12 bits per heavy atom. The number of rotatable bonds is 5. The molecule has 8 heteroatoms. The van der Waals surface area contributed by atoms with Gasteiger partial charge in [0.25, 0.3) is 0 Å². The number of sulfonamides is 1. The molecule has 0 radical (unpaired) electrons. The van der Waals surface area contributed by atoms with Crippen LogP contribution in [0.15, 0.2) is 18.3 Å². The predicted octanol–water partition coefficient (Wildman–Crippen LogP) is 2.20. The van der Waals surface area contributed by atoms with E-state index in [0.717, 1.165) is 42.9 Å². The molecule has 0 aromatic carbocycles. The van der Waals surface area contributed by atoms with Gasteiger partial charge < -0.3 is 0 Å². The van der Waals surface area contributed by atoms with E-state index >= 15 is 0 Å². The van der Waals surface area contributed by atoms with Gasteiger partial charge in [-0.05, 0) is 38.3 Å². The van der Waals surface area contributed by atoms with E-state index in [2.05, 4.69) is 22.0 Å². The lowest BCUT2D eigenvalue weighted by Gasteiger charge is -2.30. The molecule has 2 aromatic rings. The van der Waals surface area contributed by atoms with Gasteiger partial charge in [0.2, 0.25) is 10.0 Å². The fraction of sp³-hybridized carbons (Fsp3) is 0.588. The summed E-state index contributed by atoms with van der Waals surface area (Å²) in [7, 11) is -3.17. The third-order valence-electron chi connectivity index (χ3n) is 4.54. The summed E-state index contributed by atoms with van der Waals surface area (Å²) in [6.07, 6.45) is 5.85. The maximum absolute atomic E-state index is 11.9. The van der Waals surface area contributed by atoms with Crippen molar-refractivity contribution in [2.75, 3.05) is 19.3 Å². The lowest BCUT2D eigenvalue weighted by molar-refractivity contribution is 0.314. The minimum atomic E-state index is -3.17. The average molecular weight is 363 g/mol. The molecule has 7 nitrogen and oxygen atoms in total. The summed E-state index contributed by atoms with van der Waals surface area (Å²) in [5, 5.41) is 4.37. The number of aromatic nitrogens is 4. The zero-order valence-corrected chi connectivity index (χ0v) is 15.8. The second kappa shape index (κ2) is 7.21. The molecule has 0 aliphatic carbocycles. The van der Waals surface area contributed by atoms with Crippen LogP contribution in [0.4, 0.5) is 0 Å². The average Bonchev–Trinajstić information content (AvgIpc) is 3.02. The summed E-state index contributed by atoms with van der Waals surface area (Å²) < 4.78 is 27.3. The van der Waals surface area contributed by atoms with Crippen molar-refractivity contribution in [2.45, 2.75) is 45.6 Å². The van der Waals surface area contributed by atoms with Gasteiger partial charge in [-0.15, -0.1) is 0 Å². The molecular weight excluding hydrogens is 338 g/mol. The van der Waals surface area contributed by atoms with Crippen molar-refractivity contribution >= 4 is 10.0 Å². The SMILES string of the molecule is CCCn1nccc1-c1cc([C@H]2CCCN(S(C)(=O)=O)C2)nc(C)n1. The van der Waals surface area contributed by atoms with Crippen LogP contribution in [0.1, 0.15) is 43.6 Å². The van der Waals surface area contributed by atoms with Crippen LogP contribution in [0, 0.1) is 6.92 Å². The summed E-state index contributed by atoms with van der Waals surface area (Å²) in [6, 6.07) is 3.96. The van der Waals surface area contributed by atoms with E-state index in [1.165, 1.54) is 6.26 Å². The molecular formula is C17H25N5O2S. The lowest BCUT2D eigenvalue weighted by Crippen LogP contribution is -2.38. The topological polar surface area (TPSA) is 81.0 Å². The van der Waals surface area contributed by atoms with E-state index in [1.54, 1.807) is 10.5 Å². The first kappa shape index (κ1) is 18.0. The lowest BCUT2D eigenvalue weighted by atomic mass is 9.95. The van der Waals surface area contributed by atoms with Gasteiger partial charge in [0, 0.05) is 37.4 Å². The van der Waals surface area contributed by atoms with Crippen molar-refractivity contribution in [1.82, 2.24) is 24.1 Å². The Hall–Kier alpha value is -1.80. The van der Waals surface area contributed by atoms with Crippen LogP contribution in [0.5, 0.6) is 0 Å². The van der Waals surface area contributed by atoms with Gasteiger partial charge in [-0.2, -0.15) is 5.10 Å². The second-order valence-corrected chi connectivity index (χ2v) is 8.61. The highest BCUT2D eigenvalue weighted by Gasteiger charge is 2.28. The first-order valence-corrected chi connectivity index (χ1v) is 10.6. The highest BCUT2D eigenvalue weighted by molar-refractivity contribution is 7.88. The maximum Gasteiger partial charge on any atom is 0.211 e. The van der Waals surface area contributed by atoms with E-state index in [-0.39, 0.29) is 5.92 Å². The molecule has 3 heterocycles. The first-order chi connectivity index (χ1) is 11.9. The Kier molecular flexibility index (Phi) is 5.19. The minimum absolute atomic E-state index is 0.103. The maximum atomic E-state index is 11.9. The summed E-state index contributed by atoms with van der Waals surface area (Å²) in [4.78, 5) is 9.18. The Balaban J connectivity index is 1.93. The Morgan fingerprint density at radius 1 is 1.32 bits per heavy atom. The Bertz CT molecular complexity index is 846. The van der Waals surface area contributed by atoms with Gasteiger partial charge in [0.15, 0.2) is 0 Å². The largest absolute Gasteiger partial charge is 0.263 e. The van der Waals surface area contributed by atoms with Gasteiger partial charge in [0.1, 0.15) is 5.82 Å². The van der Waals surface area contributed by atoms with Crippen LogP contribution in [-0.4, -0.2) is 51.8 Å². The third-order valence-corrected chi connectivity index (χ3v) is 5.81. The van der Waals surface area contributed by atoms with E-state index in [1.807, 2.05) is 23.7 Å². The van der Waals surface area contributed by atoms with E-state index in [0.29, 0.717) is 18.9 Å². The van der Waals surface area contributed by atoms with Crippen molar-refractivity contribution in [2.24, 2.45) is 0 Å². The molecule has 136 valence electrons. The second-order valence-electron chi connectivity index (χ2n) is 6.63. The van der Waals surface area contributed by atoms with Crippen LogP contribution in [0.2, 0.25) is 0 Å². The molecule has 25 heavy (non-hydrogen) atoms. The fourth-order valence-electron chi connectivity index (χ4n) is 3.36. The van der Waals surface area contributed by atoms with E-state index in [4.69, 9.17) is 0 Å². The number of hydrogen-bond acceptors (Lipinski definition) is 5. The normalized spacial score (nSPS) is 19.2. The monoisotopic (exact) mass is 363 g/mol. The molecule has 2 aromatic heterocycles. The van der Waals surface area contributed by atoms with Gasteiger partial charge in [-0.1, -0.05) is 6.92 Å². The first-order valence-electron chi connectivity index (χ1n) is 8.71. The molecule has 3 rings (SSSR count). The highest BCUT2D eigenvalue weighted by Crippen LogP contribution is 2.29. The fourth-order valence-corrected chi connectivity index (χ4v) is 4.27. The summed E-state index contributed by atoms with van der Waals surface area (Å²) in [5.74, 6) is 0.805. The molecule has 0 unspecified atom stereocenters. The van der Waals surface area contributed by atoms with E-state index in [9.17, 15) is 8.42 Å². The van der Waals surface area contributed by atoms with Crippen molar-refractivity contribution in [3.63, 3.8) is 0 Å². The molecule has 1 fully saturated rings. The molecule has 0 N–H and O–H groups in total. The number of nitrogens with zero attached hydrogens (tertiary/aromatic N) is 5. The van der Waals surface area contributed by atoms with Crippen molar-refractivity contribution < 1.29 is 8.42 Å². The molecule has 0 saturated carbocycles. The molecule has 0 spiro atoms.